The van der Waals surface area contributed by atoms with Gasteiger partial charge in [-0.05, 0) is 44.2 Å². The molecule has 2 amide bonds. The lowest BCUT2D eigenvalue weighted by molar-refractivity contribution is 0.0912. The zero-order chi connectivity index (χ0) is 19.0. The Morgan fingerprint density at radius 1 is 1.15 bits per heavy atom. The molecule has 0 atom stereocenters. The van der Waals surface area contributed by atoms with Crippen LogP contribution in [0.3, 0.4) is 0 Å². The van der Waals surface area contributed by atoms with E-state index < -0.39 is 5.54 Å². The zero-order valence-corrected chi connectivity index (χ0v) is 16.4. The number of nitrogens with one attached hydrogen (secondary N) is 2. The molecule has 1 aliphatic heterocycles. The van der Waals surface area contributed by atoms with Crippen LogP contribution in [-0.4, -0.2) is 16.8 Å². The van der Waals surface area contributed by atoms with E-state index in [1.165, 1.54) is 23.1 Å². The number of thiazole rings is 1. The average Bonchev–Trinajstić information content (AvgIpc) is 3.14. The highest BCUT2D eigenvalue weighted by atomic mass is 32.2. The minimum atomic E-state index is -0.528. The molecule has 7 heteroatoms. The third-order valence-electron chi connectivity index (χ3n) is 4.32. The number of hydrogen-bond acceptors (Lipinski definition) is 5. The molecule has 0 spiro atoms. The fraction of sp³-hybridized carbons (Fsp3) is 0.150. The number of amides is 2. The normalized spacial score (nSPS) is 13.2. The third kappa shape index (κ3) is 3.48. The summed E-state index contributed by atoms with van der Waals surface area (Å²) in [5.41, 5.74) is 2.99. The van der Waals surface area contributed by atoms with E-state index in [0.29, 0.717) is 16.8 Å². The number of anilines is 1. The predicted octanol–water partition coefficient (Wildman–Crippen LogP) is 4.53. The second-order valence-corrected chi connectivity index (χ2v) is 8.68. The summed E-state index contributed by atoms with van der Waals surface area (Å²) in [4.78, 5) is 32.2. The SMILES string of the molecule is CC(C)(NC(=O)c1ccc2c(c1)NC(=O)c1ccccc1S2)c1cncs1. The van der Waals surface area contributed by atoms with Crippen LogP contribution in [0, 0.1) is 0 Å². The van der Waals surface area contributed by atoms with E-state index in [2.05, 4.69) is 15.6 Å². The lowest BCUT2D eigenvalue weighted by Gasteiger charge is -2.24. The number of rotatable bonds is 3. The van der Waals surface area contributed by atoms with Crippen molar-refractivity contribution < 1.29 is 9.59 Å². The van der Waals surface area contributed by atoms with Crippen LogP contribution in [0.25, 0.3) is 0 Å². The van der Waals surface area contributed by atoms with E-state index in [9.17, 15) is 9.59 Å². The molecule has 0 bridgehead atoms. The number of nitrogens with zero attached hydrogens (tertiary/aromatic N) is 1. The second kappa shape index (κ2) is 6.83. The second-order valence-electron chi connectivity index (χ2n) is 6.71. The number of carbonyl (C=O) groups is 2. The van der Waals surface area contributed by atoms with Gasteiger partial charge in [-0.3, -0.25) is 14.6 Å². The van der Waals surface area contributed by atoms with E-state index in [0.717, 1.165) is 14.7 Å². The molecule has 0 aliphatic carbocycles. The van der Waals surface area contributed by atoms with Crippen molar-refractivity contribution in [2.45, 2.75) is 29.2 Å². The third-order valence-corrected chi connectivity index (χ3v) is 6.56. The standard InChI is InChI=1S/C20H17N3O2S2/c1-20(2,17-10-21-11-26-17)23-18(24)12-7-8-16-14(9-12)22-19(25)13-5-3-4-6-15(13)27-16/h3-11H,1-2H3,(H,22,25)(H,23,24). The average molecular weight is 396 g/mol. The van der Waals surface area contributed by atoms with Crippen LogP contribution in [-0.2, 0) is 5.54 Å². The van der Waals surface area contributed by atoms with Crippen LogP contribution < -0.4 is 10.6 Å². The molecule has 1 aromatic heterocycles. The molecule has 0 saturated heterocycles. The lowest BCUT2D eigenvalue weighted by Crippen LogP contribution is -2.40. The largest absolute Gasteiger partial charge is 0.342 e. The molecule has 2 heterocycles. The summed E-state index contributed by atoms with van der Waals surface area (Å²) in [5.74, 6) is -0.364. The van der Waals surface area contributed by atoms with Gasteiger partial charge in [-0.1, -0.05) is 23.9 Å². The Kier molecular flexibility index (Phi) is 4.49. The van der Waals surface area contributed by atoms with Gasteiger partial charge in [-0.25, -0.2) is 0 Å². The van der Waals surface area contributed by atoms with Gasteiger partial charge >= 0.3 is 0 Å². The van der Waals surface area contributed by atoms with Gasteiger partial charge in [0, 0.05) is 26.4 Å². The Morgan fingerprint density at radius 3 is 2.74 bits per heavy atom. The maximum atomic E-state index is 12.8. The number of aromatic nitrogens is 1. The Labute approximate surface area is 165 Å². The maximum Gasteiger partial charge on any atom is 0.256 e. The van der Waals surface area contributed by atoms with Gasteiger partial charge < -0.3 is 10.6 Å². The Bertz CT molecular complexity index is 1030. The zero-order valence-electron chi connectivity index (χ0n) is 14.8. The molecule has 2 N–H and O–H groups in total. The smallest absolute Gasteiger partial charge is 0.256 e. The molecule has 4 rings (SSSR count). The summed E-state index contributed by atoms with van der Waals surface area (Å²) in [6, 6.07) is 12.9. The van der Waals surface area contributed by atoms with Crippen LogP contribution in [0.1, 0.15) is 39.4 Å². The van der Waals surface area contributed by atoms with Gasteiger partial charge in [0.25, 0.3) is 11.8 Å². The topological polar surface area (TPSA) is 71.1 Å². The Hall–Kier alpha value is -2.64. The number of hydrogen-bond donors (Lipinski definition) is 2. The highest BCUT2D eigenvalue weighted by Gasteiger charge is 2.26. The van der Waals surface area contributed by atoms with Gasteiger partial charge in [0.05, 0.1) is 22.3 Å². The molecular formula is C20H17N3O2S2. The fourth-order valence-electron chi connectivity index (χ4n) is 2.85. The van der Waals surface area contributed by atoms with E-state index in [1.54, 1.807) is 29.9 Å². The van der Waals surface area contributed by atoms with Crippen LogP contribution in [0.2, 0.25) is 0 Å². The van der Waals surface area contributed by atoms with E-state index in [-0.39, 0.29) is 11.8 Å². The van der Waals surface area contributed by atoms with Crippen LogP contribution in [0.15, 0.2) is 64.0 Å². The molecule has 0 saturated carbocycles. The molecular weight excluding hydrogens is 378 g/mol. The predicted molar refractivity (Wildman–Crippen MR) is 108 cm³/mol. The molecule has 5 nitrogen and oxygen atoms in total. The highest BCUT2D eigenvalue weighted by molar-refractivity contribution is 7.99. The highest BCUT2D eigenvalue weighted by Crippen LogP contribution is 2.39. The molecule has 1 aliphatic rings. The van der Waals surface area contributed by atoms with Crippen molar-refractivity contribution in [2.75, 3.05) is 5.32 Å². The Balaban J connectivity index is 1.61. The first-order valence-corrected chi connectivity index (χ1v) is 10.1. The minimum Gasteiger partial charge on any atom is -0.342 e. The first kappa shape index (κ1) is 17.8. The van der Waals surface area contributed by atoms with Gasteiger partial charge in [0.1, 0.15) is 0 Å². The summed E-state index contributed by atoms with van der Waals surface area (Å²) in [6.45, 7) is 3.88. The van der Waals surface area contributed by atoms with Crippen molar-refractivity contribution >= 4 is 40.6 Å². The van der Waals surface area contributed by atoms with E-state index in [1.807, 2.05) is 38.1 Å². The minimum absolute atomic E-state index is 0.167. The molecule has 136 valence electrons. The Morgan fingerprint density at radius 2 is 1.96 bits per heavy atom. The maximum absolute atomic E-state index is 12.8. The molecule has 0 unspecified atom stereocenters. The summed E-state index contributed by atoms with van der Waals surface area (Å²) in [6.07, 6.45) is 1.76. The van der Waals surface area contributed by atoms with Crippen LogP contribution >= 0.6 is 23.1 Å². The summed E-state index contributed by atoms with van der Waals surface area (Å²) >= 11 is 3.02. The number of fused-ring (bicyclic) bond motifs is 2. The summed E-state index contributed by atoms with van der Waals surface area (Å²) in [5, 5.41) is 5.95. The monoisotopic (exact) mass is 395 g/mol. The van der Waals surface area contributed by atoms with Gasteiger partial charge in [-0.2, -0.15) is 0 Å². The van der Waals surface area contributed by atoms with E-state index in [4.69, 9.17) is 0 Å². The van der Waals surface area contributed by atoms with Crippen molar-refractivity contribution in [3.05, 3.63) is 70.2 Å². The first-order chi connectivity index (χ1) is 12.9. The first-order valence-electron chi connectivity index (χ1n) is 8.38. The summed E-state index contributed by atoms with van der Waals surface area (Å²) in [7, 11) is 0. The molecule has 3 aromatic rings. The van der Waals surface area contributed by atoms with Crippen molar-refractivity contribution in [3.63, 3.8) is 0 Å². The van der Waals surface area contributed by atoms with Crippen molar-refractivity contribution in [2.24, 2.45) is 0 Å². The molecule has 2 aromatic carbocycles. The van der Waals surface area contributed by atoms with E-state index >= 15 is 0 Å². The van der Waals surface area contributed by atoms with Gasteiger partial charge in [0.2, 0.25) is 0 Å². The summed E-state index contributed by atoms with van der Waals surface area (Å²) < 4.78 is 0. The quantitative estimate of drug-likeness (QED) is 0.684. The van der Waals surface area contributed by atoms with Gasteiger partial charge in [0.15, 0.2) is 0 Å². The van der Waals surface area contributed by atoms with Crippen molar-refractivity contribution in [1.29, 1.82) is 0 Å². The number of benzene rings is 2. The van der Waals surface area contributed by atoms with Crippen molar-refractivity contribution in [3.8, 4) is 0 Å². The lowest BCUT2D eigenvalue weighted by atomic mass is 10.0. The van der Waals surface area contributed by atoms with Gasteiger partial charge in [-0.15, -0.1) is 11.3 Å². The number of carbonyl (C=O) groups excluding carboxylic acids is 2. The molecule has 0 radical (unpaired) electrons. The van der Waals surface area contributed by atoms with Crippen LogP contribution in [0.5, 0.6) is 0 Å². The van der Waals surface area contributed by atoms with Crippen LogP contribution in [0.4, 0.5) is 5.69 Å². The van der Waals surface area contributed by atoms with Crippen molar-refractivity contribution in [1.82, 2.24) is 10.3 Å². The molecule has 27 heavy (non-hydrogen) atoms. The fourth-order valence-corrected chi connectivity index (χ4v) is 4.56. The molecule has 0 fully saturated rings.